The van der Waals surface area contributed by atoms with Gasteiger partial charge in [0.2, 0.25) is 0 Å². The molecule has 2 heterocycles. The summed E-state index contributed by atoms with van der Waals surface area (Å²) in [5.41, 5.74) is 5.67. The Morgan fingerprint density at radius 2 is 2.04 bits per heavy atom. The van der Waals surface area contributed by atoms with Crippen molar-refractivity contribution in [2.24, 2.45) is 0 Å². The van der Waals surface area contributed by atoms with Crippen LogP contribution in [0.25, 0.3) is 15.8 Å². The van der Waals surface area contributed by atoms with Crippen LogP contribution in [-0.4, -0.2) is 15.0 Å². The smallest absolute Gasteiger partial charge is 0.131 e. The van der Waals surface area contributed by atoms with Crippen molar-refractivity contribution in [3.05, 3.63) is 58.1 Å². The topological polar surface area (TPSA) is 38.7 Å². The fourth-order valence-corrected chi connectivity index (χ4v) is 4.16. The summed E-state index contributed by atoms with van der Waals surface area (Å²) in [4.78, 5) is 14.0. The quantitative estimate of drug-likeness (QED) is 0.641. The van der Waals surface area contributed by atoms with Gasteiger partial charge < -0.3 is 0 Å². The van der Waals surface area contributed by atoms with Crippen LogP contribution in [0, 0.1) is 13.8 Å². The van der Waals surface area contributed by atoms with Crippen molar-refractivity contribution in [2.45, 2.75) is 46.0 Å². The Kier molecular flexibility index (Phi) is 3.93. The molecule has 2 aromatic heterocycles. The molecule has 0 radical (unpaired) electrons. The van der Waals surface area contributed by atoms with E-state index in [0.717, 1.165) is 27.6 Å². The van der Waals surface area contributed by atoms with E-state index in [1.165, 1.54) is 35.1 Å². The number of thiazole rings is 1. The summed E-state index contributed by atoms with van der Waals surface area (Å²) in [7, 11) is 0. The van der Waals surface area contributed by atoms with E-state index >= 15 is 0 Å². The summed E-state index contributed by atoms with van der Waals surface area (Å²) in [5, 5.41) is 1.11. The second-order valence-corrected chi connectivity index (χ2v) is 7.71. The highest BCUT2D eigenvalue weighted by atomic mass is 32.1. The summed E-state index contributed by atoms with van der Waals surface area (Å²) in [6.07, 6.45) is 7.94. The van der Waals surface area contributed by atoms with Gasteiger partial charge in [-0.05, 0) is 56.9 Å². The van der Waals surface area contributed by atoms with Gasteiger partial charge in [0.05, 0.1) is 15.2 Å². The first-order valence-electron chi connectivity index (χ1n) is 8.53. The van der Waals surface area contributed by atoms with Gasteiger partial charge in [-0.2, -0.15) is 0 Å². The van der Waals surface area contributed by atoms with Gasteiger partial charge in [0.1, 0.15) is 5.82 Å². The summed E-state index contributed by atoms with van der Waals surface area (Å²) in [6.45, 7) is 6.23. The second kappa shape index (κ2) is 6.10. The molecule has 0 spiro atoms. The Labute approximate surface area is 146 Å². The van der Waals surface area contributed by atoms with Crippen LogP contribution in [0.15, 0.2) is 30.5 Å². The highest BCUT2D eigenvalue weighted by molar-refractivity contribution is 7.18. The van der Waals surface area contributed by atoms with Crippen LogP contribution in [0.1, 0.15) is 59.8 Å². The zero-order valence-electron chi connectivity index (χ0n) is 14.3. The molecule has 4 rings (SSSR count). The third kappa shape index (κ3) is 2.65. The number of aryl methyl sites for hydroxylation is 2. The van der Waals surface area contributed by atoms with Crippen LogP contribution in [0.3, 0.4) is 0 Å². The highest BCUT2D eigenvalue weighted by Crippen LogP contribution is 2.35. The zero-order chi connectivity index (χ0) is 16.7. The van der Waals surface area contributed by atoms with E-state index in [9.17, 15) is 0 Å². The van der Waals surface area contributed by atoms with Crippen molar-refractivity contribution in [3.8, 4) is 0 Å². The minimum absolute atomic E-state index is 0.573. The molecule has 4 heteroatoms. The SMILES string of the molecule is C/C=C(/c1ccc2nc(C)sc2c1)c1cnc(C2CCC2)nc1C. The lowest BCUT2D eigenvalue weighted by atomic mass is 9.84. The summed E-state index contributed by atoms with van der Waals surface area (Å²) in [6, 6.07) is 6.49. The molecule has 122 valence electrons. The van der Waals surface area contributed by atoms with Gasteiger partial charge in [-0.25, -0.2) is 15.0 Å². The number of fused-ring (bicyclic) bond motifs is 1. The van der Waals surface area contributed by atoms with Crippen molar-refractivity contribution < 1.29 is 0 Å². The molecule has 1 fully saturated rings. The molecule has 0 N–H and O–H groups in total. The van der Waals surface area contributed by atoms with E-state index in [4.69, 9.17) is 4.98 Å². The minimum Gasteiger partial charge on any atom is -0.242 e. The van der Waals surface area contributed by atoms with E-state index in [0.29, 0.717) is 5.92 Å². The molecule has 0 aliphatic heterocycles. The molecular weight excluding hydrogens is 314 g/mol. The fourth-order valence-electron chi connectivity index (χ4n) is 3.30. The van der Waals surface area contributed by atoms with Crippen molar-refractivity contribution in [1.82, 2.24) is 15.0 Å². The van der Waals surface area contributed by atoms with Crippen LogP contribution < -0.4 is 0 Å². The van der Waals surface area contributed by atoms with E-state index in [1.54, 1.807) is 11.3 Å². The van der Waals surface area contributed by atoms with E-state index < -0.39 is 0 Å². The Morgan fingerprint density at radius 3 is 2.71 bits per heavy atom. The average molecular weight is 335 g/mol. The molecule has 1 saturated carbocycles. The standard InChI is InChI=1S/C20H21N3S/c1-4-16(15-8-9-18-19(10-15)24-13(3)23-18)17-11-21-20(22-12(17)2)14-6-5-7-14/h4,8-11,14H,5-7H2,1-3H3/b16-4-. The normalized spacial score (nSPS) is 15.7. The van der Waals surface area contributed by atoms with Crippen LogP contribution >= 0.6 is 11.3 Å². The molecule has 3 aromatic rings. The fraction of sp³-hybridized carbons (Fsp3) is 0.350. The number of hydrogen-bond acceptors (Lipinski definition) is 4. The lowest BCUT2D eigenvalue weighted by molar-refractivity contribution is 0.400. The first-order valence-corrected chi connectivity index (χ1v) is 9.35. The summed E-state index contributed by atoms with van der Waals surface area (Å²) in [5.74, 6) is 1.59. The van der Waals surface area contributed by atoms with E-state index in [2.05, 4.69) is 55.0 Å². The maximum atomic E-state index is 4.79. The molecule has 24 heavy (non-hydrogen) atoms. The number of benzene rings is 1. The molecule has 3 nitrogen and oxygen atoms in total. The Hall–Kier alpha value is -2.07. The third-order valence-corrected chi connectivity index (χ3v) is 5.79. The van der Waals surface area contributed by atoms with Crippen molar-refractivity contribution in [1.29, 1.82) is 0 Å². The number of nitrogens with zero attached hydrogens (tertiary/aromatic N) is 3. The van der Waals surface area contributed by atoms with Crippen molar-refractivity contribution in [3.63, 3.8) is 0 Å². The minimum atomic E-state index is 0.573. The average Bonchev–Trinajstić information content (AvgIpc) is 2.87. The van der Waals surface area contributed by atoms with Crippen molar-refractivity contribution >= 4 is 27.1 Å². The molecule has 0 saturated heterocycles. The van der Waals surface area contributed by atoms with Gasteiger partial charge >= 0.3 is 0 Å². The van der Waals surface area contributed by atoms with Gasteiger partial charge in [-0.3, -0.25) is 0 Å². The molecule has 0 unspecified atom stereocenters. The molecule has 0 amide bonds. The Morgan fingerprint density at radius 1 is 1.21 bits per heavy atom. The molecule has 0 bridgehead atoms. The number of aromatic nitrogens is 3. The Balaban J connectivity index is 1.74. The summed E-state index contributed by atoms with van der Waals surface area (Å²) >= 11 is 1.74. The first kappa shape index (κ1) is 15.5. The second-order valence-electron chi connectivity index (χ2n) is 6.47. The highest BCUT2D eigenvalue weighted by Gasteiger charge is 2.23. The molecular formula is C20H21N3S. The Bertz CT molecular complexity index is 935. The molecule has 1 aromatic carbocycles. The largest absolute Gasteiger partial charge is 0.242 e. The van der Waals surface area contributed by atoms with Gasteiger partial charge in [-0.1, -0.05) is 18.6 Å². The van der Waals surface area contributed by atoms with Gasteiger partial charge in [-0.15, -0.1) is 11.3 Å². The number of allylic oxidation sites excluding steroid dienone is 1. The number of rotatable bonds is 3. The molecule has 1 aliphatic rings. The maximum Gasteiger partial charge on any atom is 0.131 e. The number of hydrogen-bond donors (Lipinski definition) is 0. The molecule has 1 aliphatic carbocycles. The zero-order valence-corrected chi connectivity index (χ0v) is 15.2. The summed E-state index contributed by atoms with van der Waals surface area (Å²) < 4.78 is 1.23. The van der Waals surface area contributed by atoms with Crippen LogP contribution in [-0.2, 0) is 0 Å². The van der Waals surface area contributed by atoms with Crippen LogP contribution in [0.4, 0.5) is 0 Å². The lowest BCUT2D eigenvalue weighted by Gasteiger charge is -2.24. The van der Waals surface area contributed by atoms with Gasteiger partial charge in [0.15, 0.2) is 0 Å². The van der Waals surface area contributed by atoms with Crippen molar-refractivity contribution in [2.75, 3.05) is 0 Å². The third-order valence-electron chi connectivity index (χ3n) is 4.85. The maximum absolute atomic E-state index is 4.79. The van der Waals surface area contributed by atoms with Gasteiger partial charge in [0.25, 0.3) is 0 Å². The van der Waals surface area contributed by atoms with Crippen LogP contribution in [0.5, 0.6) is 0 Å². The predicted octanol–water partition coefficient (Wildman–Crippen LogP) is 5.42. The molecule has 0 atom stereocenters. The lowest BCUT2D eigenvalue weighted by Crippen LogP contribution is -2.13. The van der Waals surface area contributed by atoms with Crippen LogP contribution in [0.2, 0.25) is 0 Å². The van der Waals surface area contributed by atoms with E-state index in [1.807, 2.05) is 6.20 Å². The first-order chi connectivity index (χ1) is 11.7. The predicted molar refractivity (Wildman–Crippen MR) is 100 cm³/mol. The monoisotopic (exact) mass is 335 g/mol. The van der Waals surface area contributed by atoms with Gasteiger partial charge in [0, 0.05) is 23.4 Å². The van der Waals surface area contributed by atoms with E-state index in [-0.39, 0.29) is 0 Å².